The summed E-state index contributed by atoms with van der Waals surface area (Å²) < 4.78 is 0. The smallest absolute Gasteiger partial charge is 0.321 e. The van der Waals surface area contributed by atoms with E-state index < -0.39 is 6.03 Å². The number of nitrogens with zero attached hydrogens (tertiary/aromatic N) is 3. The Morgan fingerprint density at radius 1 is 0.884 bits per heavy atom. The molecule has 2 fully saturated rings. The molecule has 4 heterocycles. The van der Waals surface area contributed by atoms with E-state index in [0.717, 1.165) is 84.2 Å². The van der Waals surface area contributed by atoms with E-state index in [-0.39, 0.29) is 11.9 Å². The van der Waals surface area contributed by atoms with Crippen LogP contribution in [0.5, 0.6) is 0 Å². The van der Waals surface area contributed by atoms with E-state index in [0.29, 0.717) is 30.8 Å². The molecule has 5 amide bonds. The Bertz CT molecular complexity index is 1630. The number of urea groups is 2. The first-order valence-corrected chi connectivity index (χ1v) is 15.2. The number of rotatable bonds is 9. The number of nitrogens with one attached hydrogen (secondary N) is 5. The minimum absolute atomic E-state index is 0.0278. The maximum Gasteiger partial charge on any atom is 0.321 e. The molecule has 0 saturated carbocycles. The zero-order valence-electron chi connectivity index (χ0n) is 24.3. The van der Waals surface area contributed by atoms with E-state index >= 15 is 0 Å². The maximum atomic E-state index is 13.2. The van der Waals surface area contributed by atoms with Gasteiger partial charge in [-0.1, -0.05) is 6.42 Å². The molecule has 0 unspecified atom stereocenters. The van der Waals surface area contributed by atoms with Gasteiger partial charge < -0.3 is 36.5 Å². The second kappa shape index (κ2) is 12.7. The number of aromatic amines is 2. The van der Waals surface area contributed by atoms with Crippen LogP contribution in [0.25, 0.3) is 32.9 Å². The van der Waals surface area contributed by atoms with Gasteiger partial charge in [-0.15, -0.1) is 0 Å². The Kier molecular flexibility index (Phi) is 8.45. The van der Waals surface area contributed by atoms with Crippen LogP contribution in [0.15, 0.2) is 36.5 Å². The van der Waals surface area contributed by atoms with Gasteiger partial charge >= 0.3 is 12.1 Å². The number of aromatic nitrogens is 3. The summed E-state index contributed by atoms with van der Waals surface area (Å²) in [7, 11) is 0. The predicted octanol–water partition coefficient (Wildman–Crippen LogP) is 4.36. The summed E-state index contributed by atoms with van der Waals surface area (Å²) in [6.45, 7) is 5.24. The topological polar surface area (TPSA) is 164 Å². The van der Waals surface area contributed by atoms with Crippen molar-refractivity contribution in [2.24, 2.45) is 5.73 Å². The van der Waals surface area contributed by atoms with Gasteiger partial charge in [0, 0.05) is 60.3 Å². The van der Waals surface area contributed by atoms with Crippen LogP contribution in [0.2, 0.25) is 0 Å². The summed E-state index contributed by atoms with van der Waals surface area (Å²) >= 11 is 0. The largest absolute Gasteiger partial charge is 0.358 e. The van der Waals surface area contributed by atoms with Crippen LogP contribution in [0.4, 0.5) is 21.0 Å². The fourth-order valence-corrected chi connectivity index (χ4v) is 6.18. The number of hydrogen-bond acceptors (Lipinski definition) is 5. The predicted molar refractivity (Wildman–Crippen MR) is 168 cm³/mol. The molecule has 0 bridgehead atoms. The third-order valence-corrected chi connectivity index (χ3v) is 8.39. The van der Waals surface area contributed by atoms with Crippen LogP contribution in [-0.2, 0) is 11.2 Å². The molecule has 2 saturated heterocycles. The van der Waals surface area contributed by atoms with Gasteiger partial charge in [0.05, 0.1) is 17.4 Å². The van der Waals surface area contributed by atoms with Crippen LogP contribution in [0, 0.1) is 0 Å². The number of nitrogens with two attached hydrogens (primary N) is 1. The number of carbonyl (C=O) groups is 3. The molecule has 0 spiro atoms. The first-order valence-electron chi connectivity index (χ1n) is 15.2. The number of carbonyl (C=O) groups excluding carboxylic acids is 3. The van der Waals surface area contributed by atoms with E-state index in [1.165, 1.54) is 19.3 Å². The van der Waals surface area contributed by atoms with Gasteiger partial charge in [-0.2, -0.15) is 5.10 Å². The standard InChI is InChI=1S/C31H39N9O3/c32-30(42)36-22-17-23(25-19-34-38-28(25)18-22)20-14-26-24(27(15-20)37-31(43)40-11-4-5-12-40)16-21(35-26)6-7-29(41)33-8-13-39-9-2-1-3-10-39/h14-19,35H,1-13H2,(H,33,41)(H,34,38)(H,37,43)(H3,32,36,42). The number of anilines is 2. The van der Waals surface area contributed by atoms with E-state index in [9.17, 15) is 14.4 Å². The SMILES string of the molecule is NC(=O)Nc1cc(-c2cc(NC(=O)N3CCCC3)c3cc(CCC(=O)NCCN4CCCCC4)[nH]c3c2)c2cn[nH]c2c1. The quantitative estimate of drug-likeness (QED) is 0.172. The minimum Gasteiger partial charge on any atom is -0.358 e. The van der Waals surface area contributed by atoms with Crippen LogP contribution in [0.3, 0.4) is 0 Å². The number of piperidine rings is 1. The fourth-order valence-electron chi connectivity index (χ4n) is 6.18. The molecule has 2 aliphatic rings. The van der Waals surface area contributed by atoms with Gasteiger partial charge in [-0.05, 0) is 86.7 Å². The highest BCUT2D eigenvalue weighted by atomic mass is 16.2. The zero-order chi connectivity index (χ0) is 29.8. The highest BCUT2D eigenvalue weighted by Crippen LogP contribution is 2.37. The average Bonchev–Trinajstić information content (AvgIpc) is 3.77. The van der Waals surface area contributed by atoms with Crippen LogP contribution < -0.4 is 21.7 Å². The van der Waals surface area contributed by atoms with Crippen molar-refractivity contribution in [3.63, 3.8) is 0 Å². The van der Waals surface area contributed by atoms with Crippen molar-refractivity contribution in [2.45, 2.75) is 44.9 Å². The van der Waals surface area contributed by atoms with Crippen LogP contribution in [0.1, 0.15) is 44.2 Å². The van der Waals surface area contributed by atoms with Gasteiger partial charge in [0.25, 0.3) is 0 Å². The second-order valence-corrected chi connectivity index (χ2v) is 11.5. The molecule has 2 aromatic carbocycles. The van der Waals surface area contributed by atoms with Crippen LogP contribution in [-0.4, -0.2) is 82.2 Å². The molecular weight excluding hydrogens is 546 g/mol. The molecule has 0 aliphatic carbocycles. The Morgan fingerprint density at radius 2 is 1.67 bits per heavy atom. The normalized spacial score (nSPS) is 15.7. The summed E-state index contributed by atoms with van der Waals surface area (Å²) in [5.41, 5.74) is 10.7. The molecule has 2 aliphatic heterocycles. The summed E-state index contributed by atoms with van der Waals surface area (Å²) in [5, 5.41) is 17.7. The lowest BCUT2D eigenvalue weighted by Crippen LogP contribution is -2.37. The van der Waals surface area contributed by atoms with Crippen molar-refractivity contribution in [1.29, 1.82) is 0 Å². The number of amides is 5. The molecule has 0 radical (unpaired) electrons. The van der Waals surface area contributed by atoms with Crippen molar-refractivity contribution < 1.29 is 14.4 Å². The Labute approximate surface area is 249 Å². The lowest BCUT2D eigenvalue weighted by atomic mass is 9.99. The van der Waals surface area contributed by atoms with Gasteiger partial charge in [-0.3, -0.25) is 9.89 Å². The molecule has 226 valence electrons. The highest BCUT2D eigenvalue weighted by molar-refractivity contribution is 6.06. The van der Waals surface area contributed by atoms with Crippen LogP contribution >= 0.6 is 0 Å². The van der Waals surface area contributed by atoms with Crippen molar-refractivity contribution in [3.05, 3.63) is 42.2 Å². The van der Waals surface area contributed by atoms with Gasteiger partial charge in [0.15, 0.2) is 0 Å². The number of fused-ring (bicyclic) bond motifs is 2. The lowest BCUT2D eigenvalue weighted by molar-refractivity contribution is -0.121. The van der Waals surface area contributed by atoms with E-state index in [4.69, 9.17) is 5.73 Å². The van der Waals surface area contributed by atoms with Gasteiger partial charge in [0.2, 0.25) is 5.91 Å². The first-order chi connectivity index (χ1) is 20.9. The molecular formula is C31H39N9O3. The van der Waals surface area contributed by atoms with Crippen molar-refractivity contribution in [2.75, 3.05) is 49.9 Å². The molecule has 4 aromatic rings. The number of aryl methyl sites for hydroxylation is 1. The monoisotopic (exact) mass is 585 g/mol. The first kappa shape index (κ1) is 28.5. The van der Waals surface area contributed by atoms with Crippen molar-refractivity contribution >= 4 is 51.2 Å². The van der Waals surface area contributed by atoms with E-state index in [1.807, 2.05) is 29.2 Å². The summed E-state index contributed by atoms with van der Waals surface area (Å²) in [6, 6.07) is 8.78. The molecule has 6 rings (SSSR count). The summed E-state index contributed by atoms with van der Waals surface area (Å²) in [4.78, 5) is 45.1. The Hall–Kier alpha value is -4.58. The molecule has 12 heteroatoms. The van der Waals surface area contributed by atoms with E-state index in [1.54, 1.807) is 12.3 Å². The maximum absolute atomic E-state index is 13.2. The third-order valence-electron chi connectivity index (χ3n) is 8.39. The minimum atomic E-state index is -0.664. The van der Waals surface area contributed by atoms with Gasteiger partial charge in [0.1, 0.15) is 0 Å². The van der Waals surface area contributed by atoms with Crippen molar-refractivity contribution in [1.82, 2.24) is 30.3 Å². The molecule has 0 atom stereocenters. The number of hydrogen-bond donors (Lipinski definition) is 6. The molecule has 12 nitrogen and oxygen atoms in total. The molecule has 2 aromatic heterocycles. The number of H-pyrrole nitrogens is 2. The number of benzene rings is 2. The Morgan fingerprint density at radius 3 is 2.47 bits per heavy atom. The summed E-state index contributed by atoms with van der Waals surface area (Å²) in [5.74, 6) is 0.0278. The Balaban J connectivity index is 1.25. The zero-order valence-corrected chi connectivity index (χ0v) is 24.3. The molecule has 7 N–H and O–H groups in total. The average molecular weight is 586 g/mol. The second-order valence-electron chi connectivity index (χ2n) is 11.5. The fraction of sp³-hybridized carbons (Fsp3) is 0.419. The van der Waals surface area contributed by atoms with Gasteiger partial charge in [-0.25, -0.2) is 9.59 Å². The highest BCUT2D eigenvalue weighted by Gasteiger charge is 2.21. The van der Waals surface area contributed by atoms with Crippen molar-refractivity contribution in [3.8, 4) is 11.1 Å². The number of primary amides is 1. The van der Waals surface area contributed by atoms with E-state index in [2.05, 4.69) is 36.0 Å². The third kappa shape index (κ3) is 6.75. The summed E-state index contributed by atoms with van der Waals surface area (Å²) in [6.07, 6.45) is 8.40. The molecule has 43 heavy (non-hydrogen) atoms. The number of likely N-dealkylation sites (tertiary alicyclic amines) is 2. The lowest BCUT2D eigenvalue weighted by Gasteiger charge is -2.26.